The summed E-state index contributed by atoms with van der Waals surface area (Å²) in [6.45, 7) is 0. The molecule has 0 atom stereocenters. The summed E-state index contributed by atoms with van der Waals surface area (Å²) < 4.78 is 3.39. The Morgan fingerprint density at radius 1 is 0.957 bits per heavy atom. The second-order valence-electron chi connectivity index (χ2n) is 4.77. The van der Waals surface area contributed by atoms with Crippen LogP contribution in [0.4, 0.5) is 11.8 Å². The largest absolute Gasteiger partial charge is 0.382 e. The molecule has 23 heavy (non-hydrogen) atoms. The molecule has 0 aliphatic heterocycles. The van der Waals surface area contributed by atoms with E-state index in [2.05, 4.69) is 29.9 Å². The molecule has 0 spiro atoms. The highest BCUT2D eigenvalue weighted by Gasteiger charge is 2.05. The Hall–Kier alpha value is -3.50. The van der Waals surface area contributed by atoms with E-state index in [0.717, 1.165) is 5.52 Å². The average Bonchev–Trinajstić information content (AvgIpc) is 3.05. The number of nitrogens with one attached hydrogen (secondary N) is 1. The maximum Gasteiger partial charge on any atom is 0.278 e. The molecule has 11 nitrogen and oxygen atoms in total. The summed E-state index contributed by atoms with van der Waals surface area (Å²) in [4.78, 5) is 33.2. The van der Waals surface area contributed by atoms with Gasteiger partial charge in [0.2, 0.25) is 5.95 Å². The van der Waals surface area contributed by atoms with Crippen LogP contribution in [0.5, 0.6) is 0 Å². The molecule has 0 saturated heterocycles. The van der Waals surface area contributed by atoms with Crippen molar-refractivity contribution in [2.45, 2.75) is 0 Å². The Morgan fingerprint density at radius 3 is 2.30 bits per heavy atom. The second kappa shape index (κ2) is 5.36. The van der Waals surface area contributed by atoms with E-state index in [0.29, 0.717) is 22.6 Å². The van der Waals surface area contributed by atoms with Gasteiger partial charge < -0.3 is 20.6 Å². The van der Waals surface area contributed by atoms with Gasteiger partial charge in [-0.05, 0) is 0 Å². The van der Waals surface area contributed by atoms with Crippen molar-refractivity contribution in [2.75, 3.05) is 11.5 Å². The third-order valence-electron chi connectivity index (χ3n) is 3.14. The van der Waals surface area contributed by atoms with Crippen LogP contribution in [0.25, 0.3) is 22.3 Å². The SMILES string of the molecule is Cn1cnc2nc(N)[nH]c(=O)c21.Cn1cnc2ncnc(N)c21. The number of imidazole rings is 2. The van der Waals surface area contributed by atoms with E-state index in [9.17, 15) is 4.79 Å². The fourth-order valence-corrected chi connectivity index (χ4v) is 2.09. The van der Waals surface area contributed by atoms with Crippen molar-refractivity contribution in [3.8, 4) is 0 Å². The first-order valence-electron chi connectivity index (χ1n) is 6.51. The molecule has 0 bridgehead atoms. The summed E-state index contributed by atoms with van der Waals surface area (Å²) in [7, 11) is 3.58. The van der Waals surface area contributed by atoms with Crippen molar-refractivity contribution in [1.82, 2.24) is 39.0 Å². The number of hydrogen-bond acceptors (Lipinski definition) is 8. The predicted molar refractivity (Wildman–Crippen MR) is 84.3 cm³/mol. The van der Waals surface area contributed by atoms with E-state index in [1.54, 1.807) is 22.5 Å². The lowest BCUT2D eigenvalue weighted by atomic mass is 10.5. The Morgan fingerprint density at radius 2 is 1.61 bits per heavy atom. The number of aromatic amines is 1. The van der Waals surface area contributed by atoms with Crippen LogP contribution in [0.2, 0.25) is 0 Å². The Kier molecular flexibility index (Phi) is 3.37. The predicted octanol–water partition coefficient (Wildman–Crippen LogP) is -0.816. The van der Waals surface area contributed by atoms with E-state index in [-0.39, 0.29) is 11.5 Å². The lowest BCUT2D eigenvalue weighted by Gasteiger charge is -1.95. The van der Waals surface area contributed by atoms with Gasteiger partial charge in [-0.3, -0.25) is 9.78 Å². The van der Waals surface area contributed by atoms with E-state index in [1.165, 1.54) is 12.7 Å². The van der Waals surface area contributed by atoms with Crippen molar-refractivity contribution >= 4 is 34.1 Å². The quantitative estimate of drug-likeness (QED) is 0.379. The minimum Gasteiger partial charge on any atom is -0.382 e. The number of rotatable bonds is 0. The minimum absolute atomic E-state index is 0.0891. The van der Waals surface area contributed by atoms with Crippen molar-refractivity contribution < 1.29 is 0 Å². The molecule has 0 amide bonds. The highest BCUT2D eigenvalue weighted by Crippen LogP contribution is 2.12. The molecule has 0 aliphatic rings. The molecule has 4 aromatic rings. The van der Waals surface area contributed by atoms with Crippen LogP contribution in [-0.4, -0.2) is 39.0 Å². The molecule has 0 fully saturated rings. The highest BCUT2D eigenvalue weighted by molar-refractivity contribution is 5.81. The highest BCUT2D eigenvalue weighted by atomic mass is 16.1. The summed E-state index contributed by atoms with van der Waals surface area (Å²) in [5.41, 5.74) is 12.9. The van der Waals surface area contributed by atoms with Crippen LogP contribution < -0.4 is 17.0 Å². The van der Waals surface area contributed by atoms with Gasteiger partial charge >= 0.3 is 0 Å². The van der Waals surface area contributed by atoms with E-state index in [1.807, 2.05) is 7.05 Å². The lowest BCUT2D eigenvalue weighted by molar-refractivity contribution is 0.939. The van der Waals surface area contributed by atoms with Crippen LogP contribution in [0.15, 0.2) is 23.8 Å². The molecular formula is C12H14N10O. The Bertz CT molecular complexity index is 1040. The number of H-pyrrole nitrogens is 1. The third-order valence-corrected chi connectivity index (χ3v) is 3.14. The van der Waals surface area contributed by atoms with Crippen LogP contribution in [-0.2, 0) is 14.1 Å². The molecule has 0 aliphatic carbocycles. The molecular weight excluding hydrogens is 300 g/mol. The topological polar surface area (TPSA) is 159 Å². The van der Waals surface area contributed by atoms with Gasteiger partial charge in [-0.1, -0.05) is 0 Å². The number of nitrogens with two attached hydrogens (primary N) is 2. The monoisotopic (exact) mass is 314 g/mol. The average molecular weight is 314 g/mol. The molecule has 0 radical (unpaired) electrons. The molecule has 4 heterocycles. The van der Waals surface area contributed by atoms with Crippen molar-refractivity contribution in [3.05, 3.63) is 29.3 Å². The van der Waals surface area contributed by atoms with Gasteiger partial charge in [0.1, 0.15) is 11.8 Å². The van der Waals surface area contributed by atoms with Crippen LogP contribution in [0, 0.1) is 0 Å². The van der Waals surface area contributed by atoms with Crippen LogP contribution >= 0.6 is 0 Å². The van der Waals surface area contributed by atoms with Crippen molar-refractivity contribution in [3.63, 3.8) is 0 Å². The van der Waals surface area contributed by atoms with Gasteiger partial charge in [0.25, 0.3) is 5.56 Å². The molecule has 11 heteroatoms. The minimum atomic E-state index is -0.266. The normalized spacial score (nSPS) is 10.7. The fraction of sp³-hybridized carbons (Fsp3) is 0.167. The maximum absolute atomic E-state index is 11.2. The summed E-state index contributed by atoms with van der Waals surface area (Å²) in [5, 5.41) is 0. The van der Waals surface area contributed by atoms with Gasteiger partial charge in [-0.25, -0.2) is 19.9 Å². The van der Waals surface area contributed by atoms with E-state index >= 15 is 0 Å². The standard InChI is InChI=1S/C6H7N5O.C6H7N5/c1-11-2-8-4-3(11)5(12)10-6(7)9-4;1-11-3-10-6-4(11)5(7)8-2-9-6/h2H,1H3,(H3,7,9,10,12);2-3H,1H3,(H2,7,8,9). The Labute approximate surface area is 129 Å². The van der Waals surface area contributed by atoms with Crippen LogP contribution in [0.1, 0.15) is 0 Å². The number of hydrogen-bond donors (Lipinski definition) is 3. The number of aromatic nitrogens is 8. The van der Waals surface area contributed by atoms with Gasteiger partial charge in [0, 0.05) is 14.1 Å². The molecule has 118 valence electrons. The smallest absolute Gasteiger partial charge is 0.278 e. The second-order valence-corrected chi connectivity index (χ2v) is 4.77. The third kappa shape index (κ3) is 2.54. The zero-order valence-corrected chi connectivity index (χ0v) is 12.4. The van der Waals surface area contributed by atoms with Gasteiger partial charge in [0.05, 0.1) is 12.7 Å². The number of nitrogen functional groups attached to an aromatic ring is 2. The fourth-order valence-electron chi connectivity index (χ4n) is 2.09. The molecule has 4 rings (SSSR count). The summed E-state index contributed by atoms with van der Waals surface area (Å²) in [6, 6.07) is 0. The van der Waals surface area contributed by atoms with Crippen LogP contribution in [0.3, 0.4) is 0 Å². The van der Waals surface area contributed by atoms with Gasteiger partial charge in [-0.2, -0.15) is 4.98 Å². The number of anilines is 2. The molecule has 5 N–H and O–H groups in total. The summed E-state index contributed by atoms with van der Waals surface area (Å²) in [5.74, 6) is 0.557. The van der Waals surface area contributed by atoms with Crippen molar-refractivity contribution in [2.24, 2.45) is 14.1 Å². The maximum atomic E-state index is 11.2. The number of nitrogens with zero attached hydrogens (tertiary/aromatic N) is 7. The van der Waals surface area contributed by atoms with Gasteiger partial charge in [0.15, 0.2) is 22.6 Å². The zero-order chi connectivity index (χ0) is 16.6. The first kappa shape index (κ1) is 14.4. The Balaban J connectivity index is 0.000000136. The van der Waals surface area contributed by atoms with Gasteiger partial charge in [-0.15, -0.1) is 0 Å². The summed E-state index contributed by atoms with van der Waals surface area (Å²) in [6.07, 6.45) is 4.59. The number of fused-ring (bicyclic) bond motifs is 2. The molecule has 0 saturated carbocycles. The zero-order valence-electron chi connectivity index (χ0n) is 12.4. The molecule has 0 aromatic carbocycles. The first-order valence-corrected chi connectivity index (χ1v) is 6.51. The molecule has 0 unspecified atom stereocenters. The van der Waals surface area contributed by atoms with E-state index in [4.69, 9.17) is 11.5 Å². The summed E-state index contributed by atoms with van der Waals surface area (Å²) >= 11 is 0. The van der Waals surface area contributed by atoms with E-state index < -0.39 is 0 Å². The molecule has 4 aromatic heterocycles. The number of aryl methyl sites for hydroxylation is 2. The first-order chi connectivity index (χ1) is 11.0. The lowest BCUT2D eigenvalue weighted by Crippen LogP contribution is -2.13. The van der Waals surface area contributed by atoms with Crippen molar-refractivity contribution in [1.29, 1.82) is 0 Å².